The Hall–Kier alpha value is -1.83. The highest BCUT2D eigenvalue weighted by molar-refractivity contribution is 6.03. The van der Waals surface area contributed by atoms with E-state index in [9.17, 15) is 4.79 Å². The van der Waals surface area contributed by atoms with E-state index in [-0.39, 0.29) is 5.78 Å². The first-order chi connectivity index (χ1) is 7.62. The molecule has 0 saturated carbocycles. The molecule has 1 aromatic heterocycles. The Kier molecular flexibility index (Phi) is 2.65. The van der Waals surface area contributed by atoms with Crippen molar-refractivity contribution in [2.45, 2.75) is 19.3 Å². The van der Waals surface area contributed by atoms with Gasteiger partial charge in [-0.25, -0.2) is 0 Å². The molecule has 2 heteroatoms. The maximum atomic E-state index is 12.3. The van der Waals surface area contributed by atoms with Gasteiger partial charge in [-0.15, -0.1) is 0 Å². The second kappa shape index (κ2) is 3.97. The molecule has 0 N–H and O–H groups in total. The Morgan fingerprint density at radius 3 is 2.38 bits per heavy atom. The van der Waals surface area contributed by atoms with Gasteiger partial charge in [-0.3, -0.25) is 4.79 Å². The fraction of sp³-hybridized carbons (Fsp3) is 0.214. The third-order valence-corrected chi connectivity index (χ3v) is 2.85. The summed E-state index contributed by atoms with van der Waals surface area (Å²) >= 11 is 0. The van der Waals surface area contributed by atoms with Crippen molar-refractivity contribution in [3.63, 3.8) is 0 Å². The molecule has 0 aliphatic rings. The molecule has 1 aromatic carbocycles. The van der Waals surface area contributed by atoms with Gasteiger partial charge >= 0.3 is 0 Å². The van der Waals surface area contributed by atoms with Crippen molar-refractivity contribution in [3.05, 3.63) is 60.1 Å². The highest BCUT2D eigenvalue weighted by Gasteiger charge is 2.30. The molecule has 0 bridgehead atoms. The highest BCUT2D eigenvalue weighted by Crippen LogP contribution is 2.27. The van der Waals surface area contributed by atoms with Crippen LogP contribution < -0.4 is 0 Å². The fourth-order valence-electron chi connectivity index (χ4n) is 1.74. The fourth-order valence-corrected chi connectivity index (χ4v) is 1.74. The normalized spacial score (nSPS) is 11.4. The third kappa shape index (κ3) is 1.78. The summed E-state index contributed by atoms with van der Waals surface area (Å²) < 4.78 is 4.95. The molecule has 0 radical (unpaired) electrons. The Bertz CT molecular complexity index is 467. The zero-order chi connectivity index (χ0) is 11.6. The first-order valence-electron chi connectivity index (χ1n) is 5.25. The van der Waals surface area contributed by atoms with Crippen molar-refractivity contribution in [2.75, 3.05) is 0 Å². The maximum Gasteiger partial charge on any atom is 0.176 e. The lowest BCUT2D eigenvalue weighted by molar-refractivity contribution is 0.0908. The van der Waals surface area contributed by atoms with E-state index in [1.54, 1.807) is 6.07 Å². The predicted octanol–water partition coefficient (Wildman–Crippen LogP) is 3.44. The van der Waals surface area contributed by atoms with Gasteiger partial charge in [0.25, 0.3) is 0 Å². The van der Waals surface area contributed by atoms with E-state index in [0.717, 1.165) is 5.56 Å². The largest absolute Gasteiger partial charge is 0.472 e. The number of carbonyl (C=O) groups excluding carboxylic acids is 1. The predicted molar refractivity (Wildman–Crippen MR) is 62.5 cm³/mol. The number of Topliss-reactive ketones (excluding diaryl/α,β-unsaturated/α-hetero) is 1. The SMILES string of the molecule is CC(C)(C(=O)c1ccoc1)c1ccccc1. The molecule has 0 aliphatic heterocycles. The summed E-state index contributed by atoms with van der Waals surface area (Å²) in [7, 11) is 0. The van der Waals surface area contributed by atoms with Crippen LogP contribution in [0.15, 0.2) is 53.3 Å². The van der Waals surface area contributed by atoms with Crippen LogP contribution in [0.4, 0.5) is 0 Å². The van der Waals surface area contributed by atoms with Gasteiger partial charge < -0.3 is 4.42 Å². The Morgan fingerprint density at radius 1 is 1.12 bits per heavy atom. The van der Waals surface area contributed by atoms with E-state index in [4.69, 9.17) is 4.42 Å². The molecule has 2 aromatic rings. The first kappa shape index (κ1) is 10.7. The second-order valence-electron chi connectivity index (χ2n) is 4.33. The molecule has 0 spiro atoms. The van der Waals surface area contributed by atoms with E-state index in [1.807, 2.05) is 44.2 Å². The van der Waals surface area contributed by atoms with Crippen LogP contribution in [0.1, 0.15) is 29.8 Å². The molecule has 82 valence electrons. The molecule has 0 unspecified atom stereocenters. The van der Waals surface area contributed by atoms with E-state index in [2.05, 4.69) is 0 Å². The van der Waals surface area contributed by atoms with Crippen LogP contribution in [-0.4, -0.2) is 5.78 Å². The number of benzene rings is 1. The van der Waals surface area contributed by atoms with Crippen LogP contribution in [0.3, 0.4) is 0 Å². The Labute approximate surface area is 94.9 Å². The maximum absolute atomic E-state index is 12.3. The van der Waals surface area contributed by atoms with E-state index >= 15 is 0 Å². The summed E-state index contributed by atoms with van der Waals surface area (Å²) in [6.07, 6.45) is 3.02. The quantitative estimate of drug-likeness (QED) is 0.732. The molecular formula is C14H14O2. The summed E-state index contributed by atoms with van der Waals surface area (Å²) in [4.78, 5) is 12.3. The lowest BCUT2D eigenvalue weighted by Gasteiger charge is -2.22. The van der Waals surface area contributed by atoms with Crippen LogP contribution in [0.25, 0.3) is 0 Å². The molecular weight excluding hydrogens is 200 g/mol. The summed E-state index contributed by atoms with van der Waals surface area (Å²) in [5.41, 5.74) is 1.11. The number of ketones is 1. The van der Waals surface area contributed by atoms with Crippen molar-refractivity contribution in [3.8, 4) is 0 Å². The van der Waals surface area contributed by atoms with Crippen molar-refractivity contribution >= 4 is 5.78 Å². The highest BCUT2D eigenvalue weighted by atomic mass is 16.3. The van der Waals surface area contributed by atoms with Crippen molar-refractivity contribution in [1.82, 2.24) is 0 Å². The van der Waals surface area contributed by atoms with Crippen LogP contribution in [0, 0.1) is 0 Å². The average molecular weight is 214 g/mol. The summed E-state index contributed by atoms with van der Waals surface area (Å²) in [6, 6.07) is 11.5. The van der Waals surface area contributed by atoms with Gasteiger partial charge in [0.1, 0.15) is 6.26 Å². The number of rotatable bonds is 3. The molecule has 0 amide bonds. The summed E-state index contributed by atoms with van der Waals surface area (Å²) in [5, 5.41) is 0. The van der Waals surface area contributed by atoms with Crippen LogP contribution in [0.2, 0.25) is 0 Å². The zero-order valence-corrected chi connectivity index (χ0v) is 9.44. The van der Waals surface area contributed by atoms with Crippen LogP contribution >= 0.6 is 0 Å². The molecule has 2 nitrogen and oxygen atoms in total. The number of hydrogen-bond acceptors (Lipinski definition) is 2. The standard InChI is InChI=1S/C14H14O2/c1-14(2,12-6-4-3-5-7-12)13(15)11-8-9-16-10-11/h3-10H,1-2H3. The van der Waals surface area contributed by atoms with Gasteiger partial charge in [-0.05, 0) is 25.5 Å². The van der Waals surface area contributed by atoms with Gasteiger partial charge in [0.05, 0.1) is 17.2 Å². The number of furan rings is 1. The monoisotopic (exact) mass is 214 g/mol. The van der Waals surface area contributed by atoms with Gasteiger partial charge in [0, 0.05) is 0 Å². The smallest absolute Gasteiger partial charge is 0.176 e. The molecule has 0 atom stereocenters. The molecule has 0 fully saturated rings. The Balaban J connectivity index is 2.36. The first-order valence-corrected chi connectivity index (χ1v) is 5.25. The van der Waals surface area contributed by atoms with Crippen molar-refractivity contribution in [2.24, 2.45) is 0 Å². The van der Waals surface area contributed by atoms with E-state index < -0.39 is 5.41 Å². The molecule has 2 rings (SSSR count). The lowest BCUT2D eigenvalue weighted by atomic mass is 9.78. The number of hydrogen-bond donors (Lipinski definition) is 0. The minimum absolute atomic E-state index is 0.0763. The minimum atomic E-state index is -0.523. The van der Waals surface area contributed by atoms with Crippen LogP contribution in [-0.2, 0) is 5.41 Å². The lowest BCUT2D eigenvalue weighted by Crippen LogP contribution is -2.28. The van der Waals surface area contributed by atoms with Gasteiger partial charge in [0.15, 0.2) is 5.78 Å². The topological polar surface area (TPSA) is 30.2 Å². The van der Waals surface area contributed by atoms with Crippen LogP contribution in [0.5, 0.6) is 0 Å². The van der Waals surface area contributed by atoms with E-state index in [0.29, 0.717) is 5.56 Å². The van der Waals surface area contributed by atoms with Gasteiger partial charge in [-0.2, -0.15) is 0 Å². The third-order valence-electron chi connectivity index (χ3n) is 2.85. The van der Waals surface area contributed by atoms with Crippen molar-refractivity contribution in [1.29, 1.82) is 0 Å². The Morgan fingerprint density at radius 2 is 1.81 bits per heavy atom. The van der Waals surface area contributed by atoms with Gasteiger partial charge in [0.2, 0.25) is 0 Å². The summed E-state index contributed by atoms with van der Waals surface area (Å²) in [5.74, 6) is 0.0763. The second-order valence-corrected chi connectivity index (χ2v) is 4.33. The van der Waals surface area contributed by atoms with Crippen molar-refractivity contribution < 1.29 is 9.21 Å². The minimum Gasteiger partial charge on any atom is -0.472 e. The molecule has 0 aliphatic carbocycles. The zero-order valence-electron chi connectivity index (χ0n) is 9.44. The average Bonchev–Trinajstić information content (AvgIpc) is 2.82. The molecule has 1 heterocycles. The number of carbonyl (C=O) groups is 1. The van der Waals surface area contributed by atoms with Gasteiger partial charge in [-0.1, -0.05) is 30.3 Å². The van der Waals surface area contributed by atoms with E-state index in [1.165, 1.54) is 12.5 Å². The molecule has 16 heavy (non-hydrogen) atoms. The summed E-state index contributed by atoms with van der Waals surface area (Å²) in [6.45, 7) is 3.86. The molecule has 0 saturated heterocycles.